The molecule has 0 bridgehead atoms. The van der Waals surface area contributed by atoms with E-state index < -0.39 is 0 Å². The van der Waals surface area contributed by atoms with Gasteiger partial charge in [-0.15, -0.1) is 0 Å². The molecule has 1 N–H and O–H groups in total. The lowest BCUT2D eigenvalue weighted by atomic mass is 10.1. The quantitative estimate of drug-likeness (QED) is 0.742. The van der Waals surface area contributed by atoms with Crippen LogP contribution in [0.2, 0.25) is 0 Å². The highest BCUT2D eigenvalue weighted by atomic mass is 16.5. The van der Waals surface area contributed by atoms with Crippen LogP contribution >= 0.6 is 0 Å². The zero-order valence-corrected chi connectivity index (χ0v) is 12.6. The summed E-state index contributed by atoms with van der Waals surface area (Å²) in [4.78, 5) is 0. The second-order valence-corrected chi connectivity index (χ2v) is 5.13. The summed E-state index contributed by atoms with van der Waals surface area (Å²) in [5.41, 5.74) is 1.17. The summed E-state index contributed by atoms with van der Waals surface area (Å²) in [6.45, 7) is 9.12. The Morgan fingerprint density at radius 3 is 2.68 bits per heavy atom. The molecule has 1 aromatic carbocycles. The molecular formula is C16H27NO2. The number of hydrogen-bond acceptors (Lipinski definition) is 3. The van der Waals surface area contributed by atoms with Crippen LogP contribution in [-0.2, 0) is 4.74 Å². The van der Waals surface area contributed by atoms with E-state index in [-0.39, 0.29) is 6.10 Å². The van der Waals surface area contributed by atoms with Crippen molar-refractivity contribution in [2.45, 2.75) is 33.3 Å². The summed E-state index contributed by atoms with van der Waals surface area (Å²) in [5.74, 6) is 1.55. The molecule has 1 rings (SSSR count). The molecule has 0 aliphatic rings. The zero-order chi connectivity index (χ0) is 14.1. The fourth-order valence-corrected chi connectivity index (χ4v) is 1.84. The Balaban J connectivity index is 2.65. The Morgan fingerprint density at radius 2 is 2.05 bits per heavy atom. The summed E-state index contributed by atoms with van der Waals surface area (Å²) in [6.07, 6.45) is 1.18. The van der Waals surface area contributed by atoms with Crippen molar-refractivity contribution in [1.29, 1.82) is 0 Å². The molecule has 3 heteroatoms. The maximum absolute atomic E-state index is 6.02. The van der Waals surface area contributed by atoms with E-state index in [1.165, 1.54) is 5.56 Å². The van der Waals surface area contributed by atoms with E-state index in [1.807, 2.05) is 12.1 Å². The van der Waals surface area contributed by atoms with Crippen LogP contribution in [0.5, 0.6) is 5.75 Å². The van der Waals surface area contributed by atoms with Gasteiger partial charge in [0.15, 0.2) is 0 Å². The van der Waals surface area contributed by atoms with Crippen molar-refractivity contribution < 1.29 is 9.47 Å². The van der Waals surface area contributed by atoms with Gasteiger partial charge >= 0.3 is 0 Å². The van der Waals surface area contributed by atoms with Crippen LogP contribution in [0.4, 0.5) is 0 Å². The van der Waals surface area contributed by atoms with Gasteiger partial charge in [0, 0.05) is 13.2 Å². The number of hydrogen-bond donors (Lipinski definition) is 1. The van der Waals surface area contributed by atoms with Gasteiger partial charge in [0.2, 0.25) is 0 Å². The summed E-state index contributed by atoms with van der Waals surface area (Å²) in [7, 11) is 1.69. The number of methoxy groups -OCH3 is 1. The fourth-order valence-electron chi connectivity index (χ4n) is 1.84. The molecule has 0 saturated heterocycles. The second kappa shape index (κ2) is 8.94. The Morgan fingerprint density at radius 1 is 1.26 bits per heavy atom. The standard InChI is InChI=1S/C16H27NO2/c1-5-17-12-16(19-10-9-13(2)3)14-7-6-8-15(11-14)18-4/h6-8,11,13,16-17H,5,9-10,12H2,1-4H3. The molecule has 0 fully saturated rings. The normalized spacial score (nSPS) is 12.7. The molecule has 108 valence electrons. The average molecular weight is 265 g/mol. The third-order valence-corrected chi connectivity index (χ3v) is 3.06. The molecule has 0 spiro atoms. The first-order valence-electron chi connectivity index (χ1n) is 7.13. The summed E-state index contributed by atoms with van der Waals surface area (Å²) in [6, 6.07) is 8.12. The van der Waals surface area contributed by atoms with Crippen LogP contribution in [-0.4, -0.2) is 26.8 Å². The number of benzene rings is 1. The SMILES string of the molecule is CCNCC(OCCC(C)C)c1cccc(OC)c1. The molecule has 1 atom stereocenters. The van der Waals surface area contributed by atoms with E-state index in [2.05, 4.69) is 38.2 Å². The highest BCUT2D eigenvalue weighted by Crippen LogP contribution is 2.22. The fraction of sp³-hybridized carbons (Fsp3) is 0.625. The minimum Gasteiger partial charge on any atom is -0.497 e. The number of rotatable bonds is 9. The van der Waals surface area contributed by atoms with Gasteiger partial charge in [-0.25, -0.2) is 0 Å². The van der Waals surface area contributed by atoms with Gasteiger partial charge in [-0.3, -0.25) is 0 Å². The molecule has 1 aromatic rings. The molecule has 1 unspecified atom stereocenters. The van der Waals surface area contributed by atoms with Crippen molar-refractivity contribution in [3.8, 4) is 5.75 Å². The molecule has 0 amide bonds. The van der Waals surface area contributed by atoms with E-state index in [0.29, 0.717) is 5.92 Å². The van der Waals surface area contributed by atoms with Gasteiger partial charge in [-0.05, 0) is 36.6 Å². The average Bonchev–Trinajstić information content (AvgIpc) is 2.42. The van der Waals surface area contributed by atoms with Crippen LogP contribution < -0.4 is 10.1 Å². The first-order valence-corrected chi connectivity index (χ1v) is 7.13. The molecule has 0 heterocycles. The van der Waals surface area contributed by atoms with Crippen molar-refractivity contribution >= 4 is 0 Å². The molecule has 19 heavy (non-hydrogen) atoms. The minimum atomic E-state index is 0.0915. The van der Waals surface area contributed by atoms with E-state index in [4.69, 9.17) is 9.47 Å². The van der Waals surface area contributed by atoms with E-state index in [1.54, 1.807) is 7.11 Å². The van der Waals surface area contributed by atoms with Crippen molar-refractivity contribution in [2.24, 2.45) is 5.92 Å². The first kappa shape index (κ1) is 16.0. The summed E-state index contributed by atoms with van der Waals surface area (Å²) in [5, 5.41) is 3.36. The predicted octanol–water partition coefficient (Wildman–Crippen LogP) is 3.41. The Hall–Kier alpha value is -1.06. The lowest BCUT2D eigenvalue weighted by Crippen LogP contribution is -2.23. The van der Waals surface area contributed by atoms with Crippen molar-refractivity contribution in [2.75, 3.05) is 26.8 Å². The molecule has 3 nitrogen and oxygen atoms in total. The maximum atomic E-state index is 6.02. The van der Waals surface area contributed by atoms with Crippen LogP contribution in [0.25, 0.3) is 0 Å². The Bertz CT molecular complexity index is 352. The van der Waals surface area contributed by atoms with Crippen molar-refractivity contribution in [3.63, 3.8) is 0 Å². The van der Waals surface area contributed by atoms with Crippen molar-refractivity contribution in [1.82, 2.24) is 5.32 Å². The predicted molar refractivity (Wildman–Crippen MR) is 79.7 cm³/mol. The van der Waals surface area contributed by atoms with Crippen LogP contribution in [0.15, 0.2) is 24.3 Å². The molecule has 0 radical (unpaired) electrons. The topological polar surface area (TPSA) is 30.5 Å². The van der Waals surface area contributed by atoms with Gasteiger partial charge in [0.1, 0.15) is 5.75 Å². The first-order chi connectivity index (χ1) is 9.17. The van der Waals surface area contributed by atoms with Crippen LogP contribution in [0.3, 0.4) is 0 Å². The van der Waals surface area contributed by atoms with Crippen molar-refractivity contribution in [3.05, 3.63) is 29.8 Å². The highest BCUT2D eigenvalue weighted by molar-refractivity contribution is 5.30. The minimum absolute atomic E-state index is 0.0915. The zero-order valence-electron chi connectivity index (χ0n) is 12.6. The van der Waals surface area contributed by atoms with E-state index in [9.17, 15) is 0 Å². The van der Waals surface area contributed by atoms with Gasteiger partial charge in [0.05, 0.1) is 13.2 Å². The maximum Gasteiger partial charge on any atom is 0.119 e. The van der Waals surface area contributed by atoms with Gasteiger partial charge in [-0.1, -0.05) is 32.9 Å². The Kier molecular flexibility index (Phi) is 7.53. The van der Waals surface area contributed by atoms with E-state index >= 15 is 0 Å². The third kappa shape index (κ3) is 6.08. The lowest BCUT2D eigenvalue weighted by Gasteiger charge is -2.20. The molecule has 0 aromatic heterocycles. The summed E-state index contributed by atoms with van der Waals surface area (Å²) >= 11 is 0. The number of likely N-dealkylation sites (N-methyl/N-ethyl adjacent to an activating group) is 1. The summed E-state index contributed by atoms with van der Waals surface area (Å²) < 4.78 is 11.3. The molecule has 0 saturated carbocycles. The lowest BCUT2D eigenvalue weighted by molar-refractivity contribution is 0.0460. The monoisotopic (exact) mass is 265 g/mol. The Labute approximate surface area is 117 Å². The van der Waals surface area contributed by atoms with E-state index in [0.717, 1.165) is 31.9 Å². The van der Waals surface area contributed by atoms with Gasteiger partial charge in [0.25, 0.3) is 0 Å². The largest absolute Gasteiger partial charge is 0.497 e. The molecular weight excluding hydrogens is 238 g/mol. The molecule has 0 aliphatic heterocycles. The van der Waals surface area contributed by atoms with Gasteiger partial charge in [-0.2, -0.15) is 0 Å². The highest BCUT2D eigenvalue weighted by Gasteiger charge is 2.12. The molecule has 0 aliphatic carbocycles. The van der Waals surface area contributed by atoms with Gasteiger partial charge < -0.3 is 14.8 Å². The second-order valence-electron chi connectivity index (χ2n) is 5.13. The number of ether oxygens (including phenoxy) is 2. The van der Waals surface area contributed by atoms with Crippen LogP contribution in [0.1, 0.15) is 38.9 Å². The number of nitrogens with one attached hydrogen (secondary N) is 1. The smallest absolute Gasteiger partial charge is 0.119 e. The van der Waals surface area contributed by atoms with Crippen LogP contribution in [0, 0.1) is 5.92 Å². The third-order valence-electron chi connectivity index (χ3n) is 3.06.